The second-order valence-electron chi connectivity index (χ2n) is 9.87. The average molecular weight is 515 g/mol. The van der Waals surface area contributed by atoms with Crippen LogP contribution in [0.15, 0.2) is 30.6 Å². The van der Waals surface area contributed by atoms with Crippen molar-refractivity contribution in [2.45, 2.75) is 32.7 Å². The van der Waals surface area contributed by atoms with E-state index >= 15 is 0 Å². The van der Waals surface area contributed by atoms with Crippen LogP contribution in [0.3, 0.4) is 0 Å². The summed E-state index contributed by atoms with van der Waals surface area (Å²) in [7, 11) is 5.08. The van der Waals surface area contributed by atoms with E-state index in [9.17, 15) is 4.79 Å². The van der Waals surface area contributed by atoms with Gasteiger partial charge in [0.25, 0.3) is 0 Å². The molecule has 38 heavy (non-hydrogen) atoms. The molecule has 196 valence electrons. The van der Waals surface area contributed by atoms with E-state index in [2.05, 4.69) is 39.0 Å². The molecule has 0 aliphatic carbocycles. The molecule has 6 heterocycles. The zero-order valence-electron chi connectivity index (χ0n) is 22.2. The Morgan fingerprint density at radius 3 is 2.61 bits per heavy atom. The Labute approximate surface area is 219 Å². The van der Waals surface area contributed by atoms with Gasteiger partial charge in [-0.05, 0) is 50.3 Å². The summed E-state index contributed by atoms with van der Waals surface area (Å²) in [5.74, 6) is -0.263. The van der Waals surface area contributed by atoms with E-state index in [1.54, 1.807) is 9.36 Å². The topological polar surface area (TPSA) is 115 Å². The van der Waals surface area contributed by atoms with Crippen LogP contribution in [-0.2, 0) is 23.6 Å². The molecule has 1 aliphatic rings. The number of aryl methyl sites for hydroxylation is 4. The predicted molar refractivity (Wildman–Crippen MR) is 141 cm³/mol. The molecule has 0 N–H and O–H groups in total. The zero-order valence-corrected chi connectivity index (χ0v) is 22.2. The number of rotatable bonds is 5. The van der Waals surface area contributed by atoms with Gasteiger partial charge in [0.2, 0.25) is 0 Å². The third-order valence-electron chi connectivity index (χ3n) is 7.58. The molecule has 0 aromatic carbocycles. The summed E-state index contributed by atoms with van der Waals surface area (Å²) in [6, 6.07) is 5.97. The summed E-state index contributed by atoms with van der Waals surface area (Å²) in [4.78, 5) is 22.8. The van der Waals surface area contributed by atoms with Crippen LogP contribution in [0, 0.1) is 19.8 Å². The van der Waals surface area contributed by atoms with E-state index in [-0.39, 0.29) is 17.7 Å². The van der Waals surface area contributed by atoms with Gasteiger partial charge >= 0.3 is 5.97 Å². The van der Waals surface area contributed by atoms with Crippen LogP contribution in [0.4, 0.5) is 0 Å². The monoisotopic (exact) mass is 514 g/mol. The summed E-state index contributed by atoms with van der Waals surface area (Å²) in [5, 5.41) is 13.0. The molecular weight excluding hydrogens is 484 g/mol. The first-order valence-electron chi connectivity index (χ1n) is 12.7. The standard InChI is InChI=1S/C27H30N8O3/c1-15-7-6-10-28-20(15)24(17-8-11-38-12-9-17)35-19-13-18(23-16(2)30-32-34(23)4)14-29-21(19)25-26(35)22(27(36)37-5)31-33(25)3/h6-7,10,13-14,17,24H,8-9,11-12H2,1-5H3. The number of nitrogens with zero attached hydrogens (tertiary/aromatic N) is 8. The Balaban J connectivity index is 1.74. The number of hydrogen-bond acceptors (Lipinski definition) is 8. The fraction of sp³-hybridized carbons (Fsp3) is 0.407. The van der Waals surface area contributed by atoms with Crippen molar-refractivity contribution in [2.24, 2.45) is 20.0 Å². The minimum Gasteiger partial charge on any atom is -0.464 e. The maximum Gasteiger partial charge on any atom is 0.360 e. The van der Waals surface area contributed by atoms with Gasteiger partial charge in [-0.25, -0.2) is 9.48 Å². The van der Waals surface area contributed by atoms with E-state index in [0.717, 1.165) is 57.6 Å². The molecule has 0 bridgehead atoms. The van der Waals surface area contributed by atoms with Crippen molar-refractivity contribution in [3.05, 3.63) is 53.2 Å². The Hall–Kier alpha value is -4.12. The molecule has 1 aliphatic heterocycles. The van der Waals surface area contributed by atoms with Crippen LogP contribution in [-0.4, -0.2) is 65.6 Å². The van der Waals surface area contributed by atoms with Gasteiger partial charge < -0.3 is 14.0 Å². The third kappa shape index (κ3) is 3.68. The molecule has 1 saturated heterocycles. The van der Waals surface area contributed by atoms with Crippen molar-refractivity contribution in [2.75, 3.05) is 20.3 Å². The number of esters is 1. The fourth-order valence-corrected chi connectivity index (χ4v) is 5.85. The van der Waals surface area contributed by atoms with Gasteiger partial charge in [0.05, 0.1) is 35.8 Å². The summed E-state index contributed by atoms with van der Waals surface area (Å²) in [6.07, 6.45) is 5.40. The molecule has 0 spiro atoms. The Morgan fingerprint density at radius 1 is 1.13 bits per heavy atom. The summed E-state index contributed by atoms with van der Waals surface area (Å²) < 4.78 is 16.6. The number of hydrogen-bond donors (Lipinski definition) is 0. The zero-order chi connectivity index (χ0) is 26.6. The lowest BCUT2D eigenvalue weighted by Crippen LogP contribution is -2.28. The minimum atomic E-state index is -0.491. The Morgan fingerprint density at radius 2 is 1.92 bits per heavy atom. The highest BCUT2D eigenvalue weighted by atomic mass is 16.5. The smallest absolute Gasteiger partial charge is 0.360 e. The maximum atomic E-state index is 13.0. The molecule has 0 saturated carbocycles. The molecule has 1 atom stereocenters. The number of carbonyl (C=O) groups is 1. The maximum absolute atomic E-state index is 13.0. The summed E-state index contributed by atoms with van der Waals surface area (Å²) in [5.41, 5.74) is 8.01. The first kappa shape index (κ1) is 24.2. The lowest BCUT2D eigenvalue weighted by Gasteiger charge is -2.33. The van der Waals surface area contributed by atoms with Crippen LogP contribution < -0.4 is 0 Å². The van der Waals surface area contributed by atoms with Gasteiger partial charge in [0.15, 0.2) is 5.69 Å². The van der Waals surface area contributed by atoms with Crippen molar-refractivity contribution in [1.82, 2.24) is 39.3 Å². The summed E-state index contributed by atoms with van der Waals surface area (Å²) >= 11 is 0. The van der Waals surface area contributed by atoms with E-state index in [1.165, 1.54) is 7.11 Å². The van der Waals surface area contributed by atoms with Gasteiger partial charge in [-0.3, -0.25) is 14.6 Å². The van der Waals surface area contributed by atoms with Crippen LogP contribution >= 0.6 is 0 Å². The number of fused-ring (bicyclic) bond motifs is 3. The first-order valence-corrected chi connectivity index (χ1v) is 12.7. The highest BCUT2D eigenvalue weighted by molar-refractivity contribution is 6.11. The molecule has 5 aromatic rings. The van der Waals surface area contributed by atoms with Gasteiger partial charge in [0.1, 0.15) is 16.6 Å². The normalized spacial score (nSPS) is 15.4. The van der Waals surface area contributed by atoms with E-state index in [0.29, 0.717) is 18.7 Å². The van der Waals surface area contributed by atoms with Crippen molar-refractivity contribution in [3.63, 3.8) is 0 Å². The van der Waals surface area contributed by atoms with Crippen molar-refractivity contribution < 1.29 is 14.3 Å². The number of aromatic nitrogens is 8. The predicted octanol–water partition coefficient (Wildman–Crippen LogP) is 3.53. The van der Waals surface area contributed by atoms with Crippen molar-refractivity contribution in [1.29, 1.82) is 0 Å². The highest BCUT2D eigenvalue weighted by Gasteiger charge is 2.35. The van der Waals surface area contributed by atoms with Gasteiger partial charge in [-0.2, -0.15) is 5.10 Å². The number of pyridine rings is 2. The number of carbonyl (C=O) groups excluding carboxylic acids is 1. The van der Waals surface area contributed by atoms with E-state index in [4.69, 9.17) is 19.4 Å². The Kier molecular flexibility index (Phi) is 5.94. The van der Waals surface area contributed by atoms with E-state index in [1.807, 2.05) is 39.5 Å². The summed E-state index contributed by atoms with van der Waals surface area (Å²) in [6.45, 7) is 5.37. The largest absolute Gasteiger partial charge is 0.464 e. The molecule has 6 rings (SSSR count). The molecule has 0 amide bonds. The molecule has 1 unspecified atom stereocenters. The first-order chi connectivity index (χ1) is 18.4. The molecule has 1 fully saturated rings. The molecule has 0 radical (unpaired) electrons. The molecule has 5 aromatic heterocycles. The van der Waals surface area contributed by atoms with Crippen molar-refractivity contribution in [3.8, 4) is 11.3 Å². The lowest BCUT2D eigenvalue weighted by atomic mass is 9.87. The molecular formula is C27H30N8O3. The highest BCUT2D eigenvalue weighted by Crippen LogP contribution is 2.42. The van der Waals surface area contributed by atoms with Crippen LogP contribution in [0.25, 0.3) is 33.3 Å². The molecule has 11 heteroatoms. The van der Waals surface area contributed by atoms with Gasteiger partial charge in [-0.1, -0.05) is 11.3 Å². The van der Waals surface area contributed by atoms with Gasteiger partial charge in [0, 0.05) is 45.3 Å². The lowest BCUT2D eigenvalue weighted by molar-refractivity contribution is 0.0543. The number of methoxy groups -OCH3 is 1. The minimum absolute atomic E-state index is 0.171. The second kappa shape index (κ2) is 9.32. The molecule has 11 nitrogen and oxygen atoms in total. The number of ether oxygens (including phenoxy) is 2. The Bertz CT molecular complexity index is 1660. The SMILES string of the molecule is COC(=O)c1nn(C)c2c3ncc(-c4c(C)nnn4C)cc3n(C(c3ncccc3C)C3CCOCC3)c12. The van der Waals surface area contributed by atoms with Crippen LogP contribution in [0.2, 0.25) is 0 Å². The van der Waals surface area contributed by atoms with Gasteiger partial charge in [-0.15, -0.1) is 5.10 Å². The van der Waals surface area contributed by atoms with Crippen LogP contribution in [0.1, 0.15) is 46.3 Å². The average Bonchev–Trinajstić information content (AvgIpc) is 3.56. The van der Waals surface area contributed by atoms with Crippen LogP contribution in [0.5, 0.6) is 0 Å². The second-order valence-corrected chi connectivity index (χ2v) is 9.87. The van der Waals surface area contributed by atoms with E-state index < -0.39 is 5.97 Å². The van der Waals surface area contributed by atoms with Crippen molar-refractivity contribution >= 4 is 28.0 Å². The quantitative estimate of drug-likeness (QED) is 0.327. The third-order valence-corrected chi connectivity index (χ3v) is 7.58. The fourth-order valence-electron chi connectivity index (χ4n) is 5.85.